The average molecular weight is 319 g/mol. The van der Waals surface area contributed by atoms with Gasteiger partial charge in [-0.3, -0.25) is 0 Å². The molecule has 0 aliphatic rings. The van der Waals surface area contributed by atoms with Gasteiger partial charge in [-0.05, 0) is 31.4 Å². The van der Waals surface area contributed by atoms with Crippen molar-refractivity contribution in [3.63, 3.8) is 0 Å². The van der Waals surface area contributed by atoms with Gasteiger partial charge in [-0.25, -0.2) is 8.42 Å². The molecule has 1 aromatic rings. The molecule has 0 bridgehead atoms. The van der Waals surface area contributed by atoms with Crippen molar-refractivity contribution in [3.05, 3.63) is 23.8 Å². The van der Waals surface area contributed by atoms with Gasteiger partial charge >= 0.3 is 0 Å². The molecule has 0 fully saturated rings. The molecule has 1 rings (SSSR count). The number of hydrogen-bond donors (Lipinski definition) is 1. The Labute approximate surface area is 125 Å². The summed E-state index contributed by atoms with van der Waals surface area (Å²) in [6.07, 6.45) is 1.94. The number of nitrogens with zero attached hydrogens (tertiary/aromatic N) is 1. The van der Waals surface area contributed by atoms with Gasteiger partial charge in [0.25, 0.3) is 0 Å². The number of hydrogen-bond acceptors (Lipinski definition) is 5. The maximum absolute atomic E-state index is 12.5. The van der Waals surface area contributed by atoms with E-state index in [1.165, 1.54) is 23.5 Å². The lowest BCUT2D eigenvalue weighted by molar-refractivity contribution is 0.273. The van der Waals surface area contributed by atoms with Crippen molar-refractivity contribution in [1.29, 1.82) is 0 Å². The summed E-state index contributed by atoms with van der Waals surface area (Å²) in [6, 6.07) is 4.41. The third-order valence-electron chi connectivity index (χ3n) is 3.13. The maximum atomic E-state index is 12.5. The van der Waals surface area contributed by atoms with Crippen LogP contribution in [0.25, 0.3) is 0 Å². The quantitative estimate of drug-likeness (QED) is 0.826. The molecular formula is C13H21NO4S2. The molecule has 0 saturated heterocycles. The van der Waals surface area contributed by atoms with Crippen LogP contribution < -0.4 is 4.74 Å². The zero-order valence-electron chi connectivity index (χ0n) is 12.2. The molecule has 0 aliphatic carbocycles. The third kappa shape index (κ3) is 3.66. The van der Waals surface area contributed by atoms with E-state index in [9.17, 15) is 13.5 Å². The van der Waals surface area contributed by atoms with Crippen LogP contribution in [0.5, 0.6) is 5.75 Å². The third-order valence-corrected chi connectivity index (χ3v) is 5.91. The number of sulfonamides is 1. The van der Waals surface area contributed by atoms with E-state index in [2.05, 4.69) is 0 Å². The predicted octanol–water partition coefficient (Wildman–Crippen LogP) is 1.56. The molecule has 20 heavy (non-hydrogen) atoms. The molecule has 0 amide bonds. The second-order valence-electron chi connectivity index (χ2n) is 4.46. The fraction of sp³-hybridized carbons (Fsp3) is 0.538. The van der Waals surface area contributed by atoms with E-state index in [-0.39, 0.29) is 17.5 Å². The molecule has 114 valence electrons. The Morgan fingerprint density at radius 2 is 2.10 bits per heavy atom. The summed E-state index contributed by atoms with van der Waals surface area (Å²) in [7, 11) is -0.515. The molecule has 0 saturated carbocycles. The fourth-order valence-corrected chi connectivity index (χ4v) is 4.00. The molecule has 0 spiro atoms. The van der Waals surface area contributed by atoms with Crippen LogP contribution in [0.4, 0.5) is 0 Å². The molecule has 1 unspecified atom stereocenters. The summed E-state index contributed by atoms with van der Waals surface area (Å²) >= 11 is 1.60. The number of rotatable bonds is 7. The van der Waals surface area contributed by atoms with E-state index < -0.39 is 10.0 Å². The highest BCUT2D eigenvalue weighted by Gasteiger charge is 2.25. The van der Waals surface area contributed by atoms with Crippen LogP contribution in [-0.2, 0) is 16.6 Å². The number of aliphatic hydroxyl groups excluding tert-OH is 1. The van der Waals surface area contributed by atoms with Gasteiger partial charge in [-0.15, -0.1) is 0 Å². The smallest absolute Gasteiger partial charge is 0.243 e. The van der Waals surface area contributed by atoms with Gasteiger partial charge in [0.05, 0.1) is 18.6 Å². The SMILES string of the molecule is COc1ccc(S(=O)(=O)N(C)C(C)CSC)cc1CO. The molecule has 5 nitrogen and oxygen atoms in total. The molecule has 0 radical (unpaired) electrons. The Morgan fingerprint density at radius 1 is 1.45 bits per heavy atom. The van der Waals surface area contributed by atoms with Gasteiger partial charge in [0.15, 0.2) is 0 Å². The molecule has 0 aromatic heterocycles. The highest BCUT2D eigenvalue weighted by molar-refractivity contribution is 7.98. The Hall–Kier alpha value is -0.760. The van der Waals surface area contributed by atoms with E-state index >= 15 is 0 Å². The standard InChI is InChI=1S/C13H21NO4S2/c1-10(9-19-4)14(2)20(16,17)12-5-6-13(18-3)11(7-12)8-15/h5-7,10,15H,8-9H2,1-4H3. The Morgan fingerprint density at radius 3 is 2.60 bits per heavy atom. The lowest BCUT2D eigenvalue weighted by atomic mass is 10.2. The van der Waals surface area contributed by atoms with Crippen LogP contribution in [0.2, 0.25) is 0 Å². The van der Waals surface area contributed by atoms with Gasteiger partial charge in [0.2, 0.25) is 10.0 Å². The van der Waals surface area contributed by atoms with Gasteiger partial charge < -0.3 is 9.84 Å². The van der Waals surface area contributed by atoms with Crippen molar-refractivity contribution in [2.45, 2.75) is 24.5 Å². The van der Waals surface area contributed by atoms with E-state index in [1.54, 1.807) is 24.9 Å². The maximum Gasteiger partial charge on any atom is 0.243 e. The number of methoxy groups -OCH3 is 1. The van der Waals surface area contributed by atoms with E-state index in [0.29, 0.717) is 11.3 Å². The van der Waals surface area contributed by atoms with Crippen molar-refractivity contribution in [2.24, 2.45) is 0 Å². The van der Waals surface area contributed by atoms with Gasteiger partial charge in [0, 0.05) is 24.4 Å². The van der Waals surface area contributed by atoms with Crippen LogP contribution in [0.1, 0.15) is 12.5 Å². The predicted molar refractivity (Wildman–Crippen MR) is 81.7 cm³/mol. The lowest BCUT2D eigenvalue weighted by Crippen LogP contribution is -2.36. The highest BCUT2D eigenvalue weighted by atomic mass is 32.2. The molecule has 0 aliphatic heterocycles. The zero-order valence-corrected chi connectivity index (χ0v) is 13.8. The summed E-state index contributed by atoms with van der Waals surface area (Å²) < 4.78 is 31.5. The zero-order chi connectivity index (χ0) is 15.3. The summed E-state index contributed by atoms with van der Waals surface area (Å²) in [4.78, 5) is 0.165. The van der Waals surface area contributed by atoms with E-state index in [0.717, 1.165) is 5.75 Å². The number of ether oxygens (including phenoxy) is 1. The highest BCUT2D eigenvalue weighted by Crippen LogP contribution is 2.25. The summed E-state index contributed by atoms with van der Waals surface area (Å²) in [5.74, 6) is 1.20. The monoisotopic (exact) mass is 319 g/mol. The topological polar surface area (TPSA) is 66.8 Å². The second kappa shape index (κ2) is 7.31. The minimum absolute atomic E-state index is 0.102. The first-order valence-corrected chi connectivity index (χ1v) is 8.96. The van der Waals surface area contributed by atoms with E-state index in [4.69, 9.17) is 4.74 Å². The first kappa shape index (κ1) is 17.3. The summed E-state index contributed by atoms with van der Waals surface area (Å²) in [5, 5.41) is 9.28. The molecular weight excluding hydrogens is 298 g/mol. The molecule has 7 heteroatoms. The fourth-order valence-electron chi connectivity index (χ4n) is 1.79. The average Bonchev–Trinajstić information content (AvgIpc) is 2.45. The number of thioether (sulfide) groups is 1. The molecule has 1 atom stereocenters. The van der Waals surface area contributed by atoms with Crippen molar-refractivity contribution in [2.75, 3.05) is 26.2 Å². The normalized spacial score (nSPS) is 13.5. The van der Waals surface area contributed by atoms with Crippen LogP contribution in [-0.4, -0.2) is 50.0 Å². The van der Waals surface area contributed by atoms with Crippen molar-refractivity contribution in [3.8, 4) is 5.75 Å². The van der Waals surface area contributed by atoms with Crippen LogP contribution in [0, 0.1) is 0 Å². The van der Waals surface area contributed by atoms with Crippen LogP contribution >= 0.6 is 11.8 Å². The van der Waals surface area contributed by atoms with Crippen molar-refractivity contribution in [1.82, 2.24) is 4.31 Å². The molecule has 1 aromatic carbocycles. The number of benzene rings is 1. The lowest BCUT2D eigenvalue weighted by Gasteiger charge is -2.24. The summed E-state index contributed by atoms with van der Waals surface area (Å²) in [5.41, 5.74) is 0.458. The van der Waals surface area contributed by atoms with E-state index in [1.807, 2.05) is 13.2 Å². The Balaban J connectivity index is 3.15. The summed E-state index contributed by atoms with van der Waals surface area (Å²) in [6.45, 7) is 1.60. The van der Waals surface area contributed by atoms with Crippen LogP contribution in [0.3, 0.4) is 0 Å². The first-order valence-electron chi connectivity index (χ1n) is 6.13. The Bertz CT molecular complexity index is 545. The molecule has 1 N–H and O–H groups in total. The van der Waals surface area contributed by atoms with Crippen LogP contribution in [0.15, 0.2) is 23.1 Å². The van der Waals surface area contributed by atoms with Crippen molar-refractivity contribution >= 4 is 21.8 Å². The second-order valence-corrected chi connectivity index (χ2v) is 7.37. The molecule has 0 heterocycles. The largest absolute Gasteiger partial charge is 0.496 e. The van der Waals surface area contributed by atoms with Gasteiger partial charge in [0.1, 0.15) is 5.75 Å². The van der Waals surface area contributed by atoms with Crippen molar-refractivity contribution < 1.29 is 18.3 Å². The minimum atomic E-state index is -3.56. The number of aliphatic hydroxyl groups is 1. The van der Waals surface area contributed by atoms with Gasteiger partial charge in [-0.1, -0.05) is 0 Å². The van der Waals surface area contributed by atoms with Gasteiger partial charge in [-0.2, -0.15) is 16.1 Å². The minimum Gasteiger partial charge on any atom is -0.496 e. The first-order chi connectivity index (χ1) is 9.38. The Kier molecular flexibility index (Phi) is 6.32.